The van der Waals surface area contributed by atoms with Gasteiger partial charge in [-0.05, 0) is 0 Å². The number of hydrogen-bond acceptors (Lipinski definition) is 5. The average molecular weight is 214 g/mol. The molecule has 0 aliphatic heterocycles. The molecule has 2 atom stereocenters. The van der Waals surface area contributed by atoms with E-state index in [1.54, 1.807) is 0 Å². The van der Waals surface area contributed by atoms with Crippen molar-refractivity contribution in [1.29, 1.82) is 0 Å². The molecule has 0 spiro atoms. The zero-order valence-electron chi connectivity index (χ0n) is 6.61. The Bertz CT molecular complexity index is 199. The summed E-state index contributed by atoms with van der Waals surface area (Å²) in [5.41, 5.74) is 0. The Morgan fingerprint density at radius 1 is 1.31 bits per heavy atom. The lowest BCUT2D eigenvalue weighted by Gasteiger charge is -2.15. The third-order valence-electron chi connectivity index (χ3n) is 1.20. The normalized spacial score (nSPS) is 16.6. The summed E-state index contributed by atoms with van der Waals surface area (Å²) in [5.74, 6) is 0. The number of phosphoric ester groups is 1. The third-order valence-corrected chi connectivity index (χ3v) is 1.68. The SMILES string of the molecule is O=CC[C@@H](O)[C@@H](O)COP(=O)(O)O. The predicted molar refractivity (Wildman–Crippen MR) is 40.7 cm³/mol. The molecule has 0 amide bonds. The summed E-state index contributed by atoms with van der Waals surface area (Å²) in [5, 5.41) is 17.8. The van der Waals surface area contributed by atoms with Gasteiger partial charge in [-0.15, -0.1) is 0 Å². The quantitative estimate of drug-likeness (QED) is 0.310. The number of carbonyl (C=O) groups is 1. The van der Waals surface area contributed by atoms with Crippen molar-refractivity contribution in [2.45, 2.75) is 18.6 Å². The first-order valence-electron chi connectivity index (χ1n) is 3.36. The first-order chi connectivity index (χ1) is 5.87. The van der Waals surface area contributed by atoms with Gasteiger partial charge in [0.2, 0.25) is 0 Å². The van der Waals surface area contributed by atoms with Crippen LogP contribution in [0.4, 0.5) is 0 Å². The van der Waals surface area contributed by atoms with E-state index in [1.807, 2.05) is 0 Å². The highest BCUT2D eigenvalue weighted by molar-refractivity contribution is 7.46. The average Bonchev–Trinajstić information content (AvgIpc) is 1.99. The molecule has 0 unspecified atom stereocenters. The van der Waals surface area contributed by atoms with E-state index in [0.29, 0.717) is 6.29 Å². The second kappa shape index (κ2) is 5.43. The van der Waals surface area contributed by atoms with Gasteiger partial charge in [0, 0.05) is 6.42 Å². The number of aliphatic hydroxyl groups excluding tert-OH is 2. The van der Waals surface area contributed by atoms with Crippen molar-refractivity contribution in [2.24, 2.45) is 0 Å². The maximum absolute atomic E-state index is 10.1. The van der Waals surface area contributed by atoms with Crippen LogP contribution in [0.1, 0.15) is 6.42 Å². The molecule has 0 aliphatic rings. The first-order valence-corrected chi connectivity index (χ1v) is 4.89. The number of carbonyl (C=O) groups excluding carboxylic acids is 1. The maximum atomic E-state index is 10.1. The molecular formula is C5H11O7P. The Labute approximate surface area is 74.2 Å². The van der Waals surface area contributed by atoms with Gasteiger partial charge in [0.1, 0.15) is 12.4 Å². The maximum Gasteiger partial charge on any atom is 0.469 e. The topological polar surface area (TPSA) is 124 Å². The van der Waals surface area contributed by atoms with E-state index in [2.05, 4.69) is 4.52 Å². The van der Waals surface area contributed by atoms with Crippen LogP contribution < -0.4 is 0 Å². The fraction of sp³-hybridized carbons (Fsp3) is 0.800. The van der Waals surface area contributed by atoms with E-state index >= 15 is 0 Å². The lowest BCUT2D eigenvalue weighted by atomic mass is 10.2. The number of rotatable bonds is 6. The van der Waals surface area contributed by atoms with Gasteiger partial charge < -0.3 is 24.8 Å². The van der Waals surface area contributed by atoms with Gasteiger partial charge in [0.15, 0.2) is 0 Å². The van der Waals surface area contributed by atoms with Crippen LogP contribution >= 0.6 is 7.82 Å². The standard InChI is InChI=1S/C5H11O7P/c6-2-1-4(7)5(8)3-12-13(9,10)11/h2,4-5,7-8H,1,3H2,(H2,9,10,11)/t4-,5+/m1/s1. The van der Waals surface area contributed by atoms with Crippen molar-refractivity contribution >= 4 is 14.1 Å². The molecule has 0 rings (SSSR count). The monoisotopic (exact) mass is 214 g/mol. The van der Waals surface area contributed by atoms with Crippen LogP contribution in [0.25, 0.3) is 0 Å². The van der Waals surface area contributed by atoms with Gasteiger partial charge in [0.05, 0.1) is 12.7 Å². The minimum absolute atomic E-state index is 0.314. The Morgan fingerprint density at radius 2 is 1.85 bits per heavy atom. The van der Waals surface area contributed by atoms with E-state index in [9.17, 15) is 9.36 Å². The van der Waals surface area contributed by atoms with Gasteiger partial charge in [-0.25, -0.2) is 4.57 Å². The van der Waals surface area contributed by atoms with Crippen molar-refractivity contribution in [3.63, 3.8) is 0 Å². The zero-order valence-corrected chi connectivity index (χ0v) is 7.50. The molecule has 0 fully saturated rings. The largest absolute Gasteiger partial charge is 0.469 e. The Kier molecular flexibility index (Phi) is 5.31. The van der Waals surface area contributed by atoms with Crippen LogP contribution in [-0.4, -0.2) is 45.1 Å². The van der Waals surface area contributed by atoms with Crippen LogP contribution in [0, 0.1) is 0 Å². The molecule has 0 heterocycles. The van der Waals surface area contributed by atoms with Gasteiger partial charge in [-0.2, -0.15) is 0 Å². The van der Waals surface area contributed by atoms with Crippen molar-refractivity contribution in [1.82, 2.24) is 0 Å². The Balaban J connectivity index is 3.80. The number of aldehydes is 1. The first kappa shape index (κ1) is 12.7. The van der Waals surface area contributed by atoms with Crippen LogP contribution in [0.5, 0.6) is 0 Å². The molecule has 0 aromatic rings. The van der Waals surface area contributed by atoms with Crippen LogP contribution in [0.2, 0.25) is 0 Å². The fourth-order valence-electron chi connectivity index (χ4n) is 0.540. The number of aliphatic hydroxyl groups is 2. The zero-order chi connectivity index (χ0) is 10.5. The number of phosphoric acid groups is 1. The van der Waals surface area contributed by atoms with E-state index in [-0.39, 0.29) is 6.42 Å². The highest BCUT2D eigenvalue weighted by Gasteiger charge is 2.21. The van der Waals surface area contributed by atoms with Crippen molar-refractivity contribution in [3.8, 4) is 0 Å². The smallest absolute Gasteiger partial charge is 0.390 e. The minimum Gasteiger partial charge on any atom is -0.390 e. The summed E-state index contributed by atoms with van der Waals surface area (Å²) in [4.78, 5) is 26.3. The van der Waals surface area contributed by atoms with Crippen molar-refractivity contribution < 1.29 is 33.9 Å². The fourth-order valence-corrected chi connectivity index (χ4v) is 0.887. The molecule has 7 nitrogen and oxygen atoms in total. The van der Waals surface area contributed by atoms with Crippen LogP contribution in [-0.2, 0) is 13.9 Å². The summed E-state index contributed by atoms with van der Waals surface area (Å²) >= 11 is 0. The molecule has 0 aromatic carbocycles. The Morgan fingerprint density at radius 3 is 2.23 bits per heavy atom. The summed E-state index contributed by atoms with van der Waals surface area (Å²) in [6, 6.07) is 0. The highest BCUT2D eigenvalue weighted by Crippen LogP contribution is 2.35. The predicted octanol–water partition coefficient (Wildman–Crippen LogP) is -1.59. The molecule has 8 heteroatoms. The highest BCUT2D eigenvalue weighted by atomic mass is 31.2. The molecule has 0 aromatic heterocycles. The van der Waals surface area contributed by atoms with E-state index < -0.39 is 26.6 Å². The molecule has 0 radical (unpaired) electrons. The van der Waals surface area contributed by atoms with Gasteiger partial charge in [-0.1, -0.05) is 0 Å². The lowest BCUT2D eigenvalue weighted by Crippen LogP contribution is -2.30. The summed E-state index contributed by atoms with van der Waals surface area (Å²) in [6.45, 7) is -0.723. The molecule has 4 N–H and O–H groups in total. The second-order valence-corrected chi connectivity index (χ2v) is 3.56. The molecular weight excluding hydrogens is 203 g/mol. The molecule has 0 saturated heterocycles. The molecule has 0 aliphatic carbocycles. The third kappa shape index (κ3) is 6.83. The van der Waals surface area contributed by atoms with Crippen molar-refractivity contribution in [2.75, 3.05) is 6.61 Å². The minimum atomic E-state index is -4.64. The number of hydrogen-bond donors (Lipinski definition) is 4. The van der Waals surface area contributed by atoms with Gasteiger partial charge in [0.25, 0.3) is 0 Å². The van der Waals surface area contributed by atoms with E-state index in [1.165, 1.54) is 0 Å². The lowest BCUT2D eigenvalue weighted by molar-refractivity contribution is -0.111. The molecule has 13 heavy (non-hydrogen) atoms. The van der Waals surface area contributed by atoms with Crippen LogP contribution in [0.15, 0.2) is 0 Å². The summed E-state index contributed by atoms with van der Waals surface area (Å²) in [7, 11) is -4.64. The summed E-state index contributed by atoms with van der Waals surface area (Å²) in [6.07, 6.45) is -2.79. The second-order valence-electron chi connectivity index (χ2n) is 2.32. The Hall–Kier alpha value is -0.300. The van der Waals surface area contributed by atoms with Crippen LogP contribution in [0.3, 0.4) is 0 Å². The van der Waals surface area contributed by atoms with Gasteiger partial charge in [-0.3, -0.25) is 4.52 Å². The van der Waals surface area contributed by atoms with Crippen molar-refractivity contribution in [3.05, 3.63) is 0 Å². The molecule has 0 saturated carbocycles. The summed E-state index contributed by atoms with van der Waals surface area (Å²) < 4.78 is 14.0. The van der Waals surface area contributed by atoms with Gasteiger partial charge >= 0.3 is 7.82 Å². The molecule has 78 valence electrons. The van der Waals surface area contributed by atoms with E-state index in [4.69, 9.17) is 20.0 Å². The van der Waals surface area contributed by atoms with E-state index in [0.717, 1.165) is 0 Å². The molecule has 0 bridgehead atoms.